The van der Waals surface area contributed by atoms with Gasteiger partial charge in [0.05, 0.1) is 24.2 Å². The maximum absolute atomic E-state index is 14.6. The predicted octanol–water partition coefficient (Wildman–Crippen LogP) is 1.72. The molecule has 1 saturated carbocycles. The second-order valence-corrected chi connectivity index (χ2v) is 12.9. The Morgan fingerprint density at radius 2 is 1.95 bits per heavy atom. The van der Waals surface area contributed by atoms with Crippen molar-refractivity contribution in [3.05, 3.63) is 11.6 Å². The van der Waals surface area contributed by atoms with Gasteiger partial charge in [0.1, 0.15) is 0 Å². The number of nitrogens with one attached hydrogen (secondary N) is 2. The third-order valence-electron chi connectivity index (χ3n) is 10.1. The van der Waals surface area contributed by atoms with E-state index in [0.29, 0.717) is 18.9 Å². The van der Waals surface area contributed by atoms with E-state index in [1.807, 2.05) is 4.90 Å². The largest absolute Gasteiger partial charge is 0.350 e. The van der Waals surface area contributed by atoms with E-state index in [4.69, 9.17) is 11.5 Å². The lowest BCUT2D eigenvalue weighted by Crippen LogP contribution is -2.63. The van der Waals surface area contributed by atoms with Crippen LogP contribution in [0.4, 0.5) is 4.39 Å². The maximum Gasteiger partial charge on any atom is 0.228 e. The van der Waals surface area contributed by atoms with Gasteiger partial charge < -0.3 is 27.0 Å². The van der Waals surface area contributed by atoms with Crippen molar-refractivity contribution in [1.29, 1.82) is 0 Å². The summed E-state index contributed by atoms with van der Waals surface area (Å²) in [7, 11) is 0. The van der Waals surface area contributed by atoms with E-state index in [9.17, 15) is 14.0 Å². The Labute approximate surface area is 238 Å². The van der Waals surface area contributed by atoms with Crippen LogP contribution in [0.3, 0.4) is 0 Å². The molecule has 6 N–H and O–H groups in total. The molecule has 4 aliphatic heterocycles. The fourth-order valence-corrected chi connectivity index (χ4v) is 7.71. The first kappa shape index (κ1) is 29.6. The summed E-state index contributed by atoms with van der Waals surface area (Å²) in [5, 5.41) is 6.73. The van der Waals surface area contributed by atoms with E-state index in [0.717, 1.165) is 96.1 Å². The van der Waals surface area contributed by atoms with Crippen LogP contribution in [0.1, 0.15) is 71.1 Å². The fourth-order valence-electron chi connectivity index (χ4n) is 7.71. The third kappa shape index (κ3) is 6.61. The molecular formula is C30H50FN7O2. The molecule has 5 aliphatic rings. The number of aliphatic imine (C=N–C) groups is 1. The van der Waals surface area contributed by atoms with Crippen molar-refractivity contribution in [1.82, 2.24) is 20.4 Å². The number of amides is 2. The van der Waals surface area contributed by atoms with E-state index in [2.05, 4.69) is 27.4 Å². The summed E-state index contributed by atoms with van der Waals surface area (Å²) in [6.45, 7) is 7.25. The number of rotatable bonds is 9. The molecule has 9 nitrogen and oxygen atoms in total. The van der Waals surface area contributed by atoms with Gasteiger partial charge in [0.15, 0.2) is 6.17 Å². The van der Waals surface area contributed by atoms with Gasteiger partial charge in [-0.05, 0) is 82.5 Å². The number of nitrogens with zero attached hydrogens (tertiary/aromatic N) is 3. The first-order valence-corrected chi connectivity index (χ1v) is 15.7. The Bertz CT molecular complexity index is 960. The fraction of sp³-hybridized carbons (Fsp3) is 0.833. The zero-order valence-electron chi connectivity index (χ0n) is 24.2. The number of likely N-dealkylation sites (tertiary alicyclic amines) is 2. The van der Waals surface area contributed by atoms with Crippen LogP contribution in [0.25, 0.3) is 0 Å². The molecule has 2 amide bonds. The number of halogens is 1. The predicted molar refractivity (Wildman–Crippen MR) is 155 cm³/mol. The molecule has 0 aromatic heterocycles. The van der Waals surface area contributed by atoms with Crippen LogP contribution in [0, 0.1) is 17.3 Å². The Morgan fingerprint density at radius 3 is 2.65 bits per heavy atom. The van der Waals surface area contributed by atoms with Gasteiger partial charge in [-0.15, -0.1) is 0 Å². The van der Waals surface area contributed by atoms with Gasteiger partial charge in [-0.1, -0.05) is 25.3 Å². The zero-order chi connectivity index (χ0) is 28.3. The van der Waals surface area contributed by atoms with Gasteiger partial charge in [-0.2, -0.15) is 0 Å². The molecule has 4 heterocycles. The Hall–Kier alpha value is -1.88. The first-order chi connectivity index (χ1) is 19.3. The van der Waals surface area contributed by atoms with Crippen molar-refractivity contribution < 1.29 is 14.0 Å². The van der Waals surface area contributed by atoms with Crippen molar-refractivity contribution in [2.45, 2.75) is 102 Å². The van der Waals surface area contributed by atoms with E-state index >= 15 is 0 Å². The standard InChI is InChI=1S/C30H50FN7O2/c1-2-3-9-30-16-21(30)15-22(31)18-35-23(17-30)26(27(32)33)28(39)36-24-19-34-10-6-25(24)37-13-7-20(8-14-37)29(40)38-11-4-5-12-38/h15,18,20,22-27,34H,2-14,16-17,19,32-33H2,1H3,(H,36,39)/b21-15-,35-18?. The molecule has 10 heteroatoms. The quantitative estimate of drug-likeness (QED) is 0.252. The molecule has 4 fully saturated rings. The molecule has 6 atom stereocenters. The molecule has 40 heavy (non-hydrogen) atoms. The second kappa shape index (κ2) is 13.0. The van der Waals surface area contributed by atoms with E-state index in [1.165, 1.54) is 6.21 Å². The average molecular weight is 560 g/mol. The monoisotopic (exact) mass is 559 g/mol. The lowest BCUT2D eigenvalue weighted by Gasteiger charge is -2.44. The van der Waals surface area contributed by atoms with Gasteiger partial charge in [-0.25, -0.2) is 4.39 Å². The summed E-state index contributed by atoms with van der Waals surface area (Å²) in [5.41, 5.74) is 13.6. The number of piperidine rings is 2. The second-order valence-electron chi connectivity index (χ2n) is 12.9. The third-order valence-corrected chi connectivity index (χ3v) is 10.1. The summed E-state index contributed by atoms with van der Waals surface area (Å²) >= 11 is 0. The summed E-state index contributed by atoms with van der Waals surface area (Å²) in [5.74, 6) is -0.481. The van der Waals surface area contributed by atoms with Gasteiger partial charge in [-0.3, -0.25) is 19.5 Å². The SMILES string of the molecule is CCCCC12C/C1=C/C(F)C=NC(C(C(=O)NC1CNCCC1N1CCC(C(=O)N3CCCC3)CC1)C(N)N)C2. The van der Waals surface area contributed by atoms with Crippen LogP contribution in [-0.2, 0) is 9.59 Å². The molecule has 0 aromatic carbocycles. The van der Waals surface area contributed by atoms with Crippen molar-refractivity contribution in [3.8, 4) is 0 Å². The number of fused-ring (bicyclic) bond motifs is 1. The van der Waals surface area contributed by atoms with Crippen LogP contribution >= 0.6 is 0 Å². The number of carbonyl (C=O) groups excluding carboxylic acids is 2. The summed E-state index contributed by atoms with van der Waals surface area (Å²) in [4.78, 5) is 35.8. The first-order valence-electron chi connectivity index (χ1n) is 15.7. The lowest BCUT2D eigenvalue weighted by atomic mass is 9.82. The van der Waals surface area contributed by atoms with E-state index in [-0.39, 0.29) is 29.3 Å². The summed E-state index contributed by atoms with van der Waals surface area (Å²) < 4.78 is 14.6. The number of alkyl halides is 1. The summed E-state index contributed by atoms with van der Waals surface area (Å²) in [6.07, 6.45) is 10.4. The zero-order valence-corrected chi connectivity index (χ0v) is 24.2. The van der Waals surface area contributed by atoms with Crippen molar-refractivity contribution in [2.75, 3.05) is 39.3 Å². The normalized spacial score (nSPS) is 35.4. The molecule has 6 unspecified atom stereocenters. The molecule has 0 bridgehead atoms. The van der Waals surface area contributed by atoms with Crippen molar-refractivity contribution in [2.24, 2.45) is 33.7 Å². The minimum absolute atomic E-state index is 0.0814. The highest BCUT2D eigenvalue weighted by Crippen LogP contribution is 2.60. The highest BCUT2D eigenvalue weighted by molar-refractivity contribution is 5.81. The molecule has 224 valence electrons. The number of hydrogen-bond donors (Lipinski definition) is 4. The Morgan fingerprint density at radius 1 is 1.20 bits per heavy atom. The van der Waals surface area contributed by atoms with Gasteiger partial charge in [0.2, 0.25) is 11.8 Å². The number of carbonyl (C=O) groups is 2. The maximum atomic E-state index is 14.6. The molecule has 0 spiro atoms. The van der Waals surface area contributed by atoms with Gasteiger partial charge in [0.25, 0.3) is 0 Å². The van der Waals surface area contributed by atoms with Gasteiger partial charge >= 0.3 is 0 Å². The minimum atomic E-state index is -1.24. The van der Waals surface area contributed by atoms with Crippen molar-refractivity contribution in [3.63, 3.8) is 0 Å². The minimum Gasteiger partial charge on any atom is -0.350 e. The van der Waals surface area contributed by atoms with Crippen LogP contribution in [-0.4, -0.2) is 97.6 Å². The highest BCUT2D eigenvalue weighted by Gasteiger charge is 2.52. The molecule has 0 aromatic rings. The number of nitrogens with two attached hydrogens (primary N) is 2. The van der Waals surface area contributed by atoms with Gasteiger partial charge in [0, 0.05) is 37.8 Å². The lowest BCUT2D eigenvalue weighted by molar-refractivity contribution is -0.136. The van der Waals surface area contributed by atoms with E-state index < -0.39 is 24.3 Å². The molecule has 5 rings (SSSR count). The smallest absolute Gasteiger partial charge is 0.228 e. The van der Waals surface area contributed by atoms with Crippen LogP contribution in [0.15, 0.2) is 16.6 Å². The number of unbranched alkanes of at least 4 members (excludes halogenated alkanes) is 1. The molecule has 0 radical (unpaired) electrons. The number of allylic oxidation sites excluding steroid dienone is 2. The van der Waals surface area contributed by atoms with Crippen LogP contribution in [0.2, 0.25) is 0 Å². The Balaban J connectivity index is 1.23. The summed E-state index contributed by atoms with van der Waals surface area (Å²) in [6, 6.07) is -0.360. The topological polar surface area (TPSA) is 129 Å². The molecule has 1 aliphatic carbocycles. The Kier molecular flexibility index (Phi) is 9.60. The van der Waals surface area contributed by atoms with Crippen molar-refractivity contribution >= 4 is 18.0 Å². The van der Waals surface area contributed by atoms with E-state index in [1.54, 1.807) is 6.08 Å². The van der Waals surface area contributed by atoms with Crippen LogP contribution < -0.4 is 22.1 Å². The van der Waals surface area contributed by atoms with Crippen LogP contribution in [0.5, 0.6) is 0 Å². The molecular weight excluding hydrogens is 509 g/mol. The highest BCUT2D eigenvalue weighted by atomic mass is 19.1. The number of hydrogen-bond acceptors (Lipinski definition) is 7. The molecule has 3 saturated heterocycles. The average Bonchev–Trinajstić information content (AvgIpc) is 3.31.